The number of oxime groups is 1. The molecule has 0 aromatic carbocycles. The van der Waals surface area contributed by atoms with Gasteiger partial charge in [-0.25, -0.2) is 0 Å². The molecule has 0 heterocycles. The Morgan fingerprint density at radius 2 is 1.80 bits per heavy atom. The minimum absolute atomic E-state index is 0.267. The SMILES string of the molecule is CCN(CC)CCOC1CCC2(C)C(=CCC3C2CCC2(C)C(=NOC)CCC32)C1. The van der Waals surface area contributed by atoms with Crippen LogP contribution >= 0.6 is 0 Å². The molecule has 0 aliphatic heterocycles. The number of nitrogens with zero attached hydrogens (tertiary/aromatic N) is 2. The fraction of sp³-hybridized carbons (Fsp3) is 0.885. The molecule has 0 bridgehead atoms. The highest BCUT2D eigenvalue weighted by molar-refractivity contribution is 5.92. The molecule has 4 heteroatoms. The summed E-state index contributed by atoms with van der Waals surface area (Å²) in [7, 11) is 1.70. The molecule has 4 aliphatic rings. The molecular formula is C26H44N2O2. The maximum absolute atomic E-state index is 6.36. The van der Waals surface area contributed by atoms with Crippen LogP contribution < -0.4 is 0 Å². The standard InChI is InChI=1S/C26H44N2O2/c1-6-28(7-2)16-17-30-20-12-14-25(3)19(18-20)8-9-21-22-10-11-24(27-29-5)26(22,4)15-13-23(21)25/h8,20-23H,6-7,9-18H2,1-5H3. The average molecular weight is 417 g/mol. The summed E-state index contributed by atoms with van der Waals surface area (Å²) in [6.45, 7) is 13.7. The van der Waals surface area contributed by atoms with E-state index in [1.54, 1.807) is 12.7 Å². The van der Waals surface area contributed by atoms with Crippen LogP contribution in [0.2, 0.25) is 0 Å². The topological polar surface area (TPSA) is 34.1 Å². The number of likely N-dealkylation sites (N-methyl/N-ethyl adjacent to an activating group) is 1. The molecule has 0 N–H and O–H groups in total. The van der Waals surface area contributed by atoms with Crippen LogP contribution in [-0.2, 0) is 9.57 Å². The van der Waals surface area contributed by atoms with E-state index in [1.165, 1.54) is 44.2 Å². The Bertz CT molecular complexity index is 670. The fourth-order valence-electron chi connectivity index (χ4n) is 7.71. The maximum atomic E-state index is 6.36. The fourth-order valence-corrected chi connectivity index (χ4v) is 7.71. The van der Waals surface area contributed by atoms with Crippen molar-refractivity contribution in [2.45, 2.75) is 85.2 Å². The summed E-state index contributed by atoms with van der Waals surface area (Å²) in [6, 6.07) is 0. The molecule has 6 unspecified atom stereocenters. The Hall–Kier alpha value is -0.870. The molecule has 0 aromatic rings. The molecule has 170 valence electrons. The smallest absolute Gasteiger partial charge is 0.106 e. The van der Waals surface area contributed by atoms with E-state index in [0.29, 0.717) is 11.5 Å². The van der Waals surface area contributed by atoms with Crippen molar-refractivity contribution in [3.63, 3.8) is 0 Å². The molecule has 30 heavy (non-hydrogen) atoms. The second-order valence-corrected chi connectivity index (χ2v) is 10.7. The zero-order valence-electron chi connectivity index (χ0n) is 20.1. The van der Waals surface area contributed by atoms with Crippen LogP contribution in [0.3, 0.4) is 0 Å². The minimum atomic E-state index is 0.267. The van der Waals surface area contributed by atoms with Crippen molar-refractivity contribution in [1.82, 2.24) is 4.90 Å². The molecule has 0 radical (unpaired) electrons. The van der Waals surface area contributed by atoms with Gasteiger partial charge >= 0.3 is 0 Å². The van der Waals surface area contributed by atoms with Crippen molar-refractivity contribution in [2.75, 3.05) is 33.4 Å². The predicted molar refractivity (Wildman–Crippen MR) is 124 cm³/mol. The lowest BCUT2D eigenvalue weighted by Crippen LogP contribution is -2.50. The second-order valence-electron chi connectivity index (χ2n) is 10.7. The third kappa shape index (κ3) is 3.77. The van der Waals surface area contributed by atoms with Crippen LogP contribution in [0.5, 0.6) is 0 Å². The summed E-state index contributed by atoms with van der Waals surface area (Å²) in [5.74, 6) is 2.44. The predicted octanol–water partition coefficient (Wildman–Crippen LogP) is 5.68. The first-order valence-electron chi connectivity index (χ1n) is 12.6. The molecule has 4 nitrogen and oxygen atoms in total. The third-order valence-electron chi connectivity index (χ3n) is 9.66. The Kier molecular flexibility index (Phi) is 6.65. The summed E-state index contributed by atoms with van der Waals surface area (Å²) in [5, 5.41) is 4.46. The Morgan fingerprint density at radius 3 is 2.53 bits per heavy atom. The molecule has 3 saturated carbocycles. The van der Waals surface area contributed by atoms with E-state index in [0.717, 1.165) is 56.8 Å². The quantitative estimate of drug-likeness (QED) is 0.395. The van der Waals surface area contributed by atoms with Crippen molar-refractivity contribution < 1.29 is 9.57 Å². The summed E-state index contributed by atoms with van der Waals surface area (Å²) in [6.07, 6.45) is 13.1. The largest absolute Gasteiger partial charge is 0.399 e. The Labute approximate surface area is 184 Å². The van der Waals surface area contributed by atoms with Gasteiger partial charge in [0.1, 0.15) is 7.11 Å². The second kappa shape index (κ2) is 8.94. The van der Waals surface area contributed by atoms with Crippen LogP contribution in [0, 0.1) is 28.6 Å². The Balaban J connectivity index is 1.43. The molecule has 4 rings (SSSR count). The first-order chi connectivity index (χ1) is 14.5. The monoisotopic (exact) mass is 416 g/mol. The minimum Gasteiger partial charge on any atom is -0.399 e. The first kappa shape index (κ1) is 22.3. The maximum Gasteiger partial charge on any atom is 0.106 e. The molecule has 0 saturated heterocycles. The van der Waals surface area contributed by atoms with Gasteiger partial charge < -0.3 is 14.5 Å². The van der Waals surface area contributed by atoms with E-state index in [-0.39, 0.29) is 5.41 Å². The van der Waals surface area contributed by atoms with Crippen LogP contribution in [-0.4, -0.2) is 50.1 Å². The summed E-state index contributed by atoms with van der Waals surface area (Å²) in [4.78, 5) is 7.67. The lowest BCUT2D eigenvalue weighted by Gasteiger charge is -2.57. The first-order valence-corrected chi connectivity index (χ1v) is 12.6. The van der Waals surface area contributed by atoms with Crippen LogP contribution in [0.4, 0.5) is 0 Å². The van der Waals surface area contributed by atoms with E-state index >= 15 is 0 Å². The molecule has 6 atom stereocenters. The summed E-state index contributed by atoms with van der Waals surface area (Å²) in [5.41, 5.74) is 3.71. The van der Waals surface area contributed by atoms with Gasteiger partial charge in [0.15, 0.2) is 0 Å². The van der Waals surface area contributed by atoms with Gasteiger partial charge in [0.2, 0.25) is 0 Å². The van der Waals surface area contributed by atoms with Gasteiger partial charge in [-0.15, -0.1) is 0 Å². The van der Waals surface area contributed by atoms with Gasteiger partial charge in [-0.05, 0) is 87.6 Å². The van der Waals surface area contributed by atoms with Crippen molar-refractivity contribution >= 4 is 5.71 Å². The normalized spacial score (nSPS) is 41.9. The summed E-state index contributed by atoms with van der Waals surface area (Å²) >= 11 is 0. The van der Waals surface area contributed by atoms with Gasteiger partial charge in [-0.2, -0.15) is 0 Å². The van der Waals surface area contributed by atoms with E-state index in [1.807, 2.05) is 0 Å². The van der Waals surface area contributed by atoms with E-state index in [2.05, 4.69) is 43.8 Å². The molecular weight excluding hydrogens is 372 g/mol. The van der Waals surface area contributed by atoms with Crippen molar-refractivity contribution in [3.8, 4) is 0 Å². The lowest BCUT2D eigenvalue weighted by atomic mass is 9.48. The molecule has 3 fully saturated rings. The highest BCUT2D eigenvalue weighted by Gasteiger charge is 2.58. The van der Waals surface area contributed by atoms with Gasteiger partial charge in [0.25, 0.3) is 0 Å². The molecule has 0 spiro atoms. The highest BCUT2D eigenvalue weighted by Crippen LogP contribution is 2.64. The molecule has 0 amide bonds. The average Bonchev–Trinajstić information content (AvgIpc) is 3.08. The Morgan fingerprint density at radius 1 is 1.07 bits per heavy atom. The molecule has 0 aromatic heterocycles. The summed E-state index contributed by atoms with van der Waals surface area (Å²) < 4.78 is 6.36. The van der Waals surface area contributed by atoms with Crippen molar-refractivity contribution in [1.29, 1.82) is 0 Å². The van der Waals surface area contributed by atoms with Crippen molar-refractivity contribution in [3.05, 3.63) is 11.6 Å². The number of hydrogen-bond acceptors (Lipinski definition) is 4. The number of ether oxygens (including phenoxy) is 1. The van der Waals surface area contributed by atoms with Gasteiger partial charge in [-0.1, -0.05) is 44.5 Å². The van der Waals surface area contributed by atoms with E-state index in [9.17, 15) is 0 Å². The number of fused-ring (bicyclic) bond motifs is 5. The van der Waals surface area contributed by atoms with Crippen LogP contribution in [0.25, 0.3) is 0 Å². The number of allylic oxidation sites excluding steroid dienone is 1. The van der Waals surface area contributed by atoms with E-state index in [4.69, 9.17) is 9.57 Å². The zero-order valence-corrected chi connectivity index (χ0v) is 20.1. The highest BCUT2D eigenvalue weighted by atomic mass is 16.6. The number of rotatable bonds is 7. The van der Waals surface area contributed by atoms with Gasteiger partial charge in [0, 0.05) is 12.0 Å². The van der Waals surface area contributed by atoms with Crippen LogP contribution in [0.1, 0.15) is 79.1 Å². The lowest BCUT2D eigenvalue weighted by molar-refractivity contribution is -0.0392. The molecule has 4 aliphatic carbocycles. The zero-order chi connectivity index (χ0) is 21.4. The third-order valence-corrected chi connectivity index (χ3v) is 9.66. The van der Waals surface area contributed by atoms with Crippen molar-refractivity contribution in [2.24, 2.45) is 33.7 Å². The van der Waals surface area contributed by atoms with Gasteiger partial charge in [-0.3, -0.25) is 0 Å². The van der Waals surface area contributed by atoms with E-state index < -0.39 is 0 Å². The number of hydrogen-bond donors (Lipinski definition) is 0. The van der Waals surface area contributed by atoms with Gasteiger partial charge in [0.05, 0.1) is 18.4 Å². The van der Waals surface area contributed by atoms with Crippen LogP contribution in [0.15, 0.2) is 16.8 Å².